The average molecular weight is 281 g/mol. The number of amides is 1. The summed E-state index contributed by atoms with van der Waals surface area (Å²) in [7, 11) is 0. The van der Waals surface area contributed by atoms with E-state index < -0.39 is 0 Å². The van der Waals surface area contributed by atoms with Gasteiger partial charge in [0.1, 0.15) is 12.4 Å². The number of hydrogen-bond donors (Lipinski definition) is 1. The smallest absolute Gasteiger partial charge is 0.226 e. The third-order valence-corrected chi connectivity index (χ3v) is 3.81. The number of para-hydroxylation sites is 1. The van der Waals surface area contributed by atoms with Gasteiger partial charge in [0, 0.05) is 6.54 Å². The largest absolute Gasteiger partial charge is 0.492 e. The molecule has 2 aromatic carbocycles. The van der Waals surface area contributed by atoms with Crippen LogP contribution >= 0.6 is 0 Å². The zero-order chi connectivity index (χ0) is 14.5. The van der Waals surface area contributed by atoms with Crippen LogP contribution in [0.2, 0.25) is 0 Å². The van der Waals surface area contributed by atoms with Gasteiger partial charge in [-0.1, -0.05) is 48.5 Å². The van der Waals surface area contributed by atoms with Gasteiger partial charge in [-0.2, -0.15) is 0 Å². The number of rotatable bonds is 4. The average Bonchev–Trinajstić information content (AvgIpc) is 2.55. The summed E-state index contributed by atoms with van der Waals surface area (Å²) in [4.78, 5) is 12.2. The van der Waals surface area contributed by atoms with Gasteiger partial charge in [0.15, 0.2) is 0 Å². The predicted molar refractivity (Wildman–Crippen MR) is 82.3 cm³/mol. The molecule has 2 aromatic rings. The quantitative estimate of drug-likeness (QED) is 0.935. The SMILES string of the molecule is O=C(NCCc1ccccc1)[C@@H]1COc2ccccc2C1. The summed E-state index contributed by atoms with van der Waals surface area (Å²) in [6.45, 7) is 1.13. The molecule has 0 saturated heterocycles. The summed E-state index contributed by atoms with van der Waals surface area (Å²) in [5, 5.41) is 3.01. The van der Waals surface area contributed by atoms with Gasteiger partial charge in [0.2, 0.25) is 5.91 Å². The fourth-order valence-corrected chi connectivity index (χ4v) is 2.62. The Balaban J connectivity index is 1.50. The summed E-state index contributed by atoms with van der Waals surface area (Å²) in [6, 6.07) is 18.1. The Morgan fingerprint density at radius 2 is 1.86 bits per heavy atom. The standard InChI is InChI=1S/C18H19NO2/c20-18(19-11-10-14-6-2-1-3-7-14)16-12-15-8-4-5-9-17(15)21-13-16/h1-9,16H,10-13H2,(H,19,20)/t16-/m0/s1. The van der Waals surface area contributed by atoms with Crippen molar-refractivity contribution in [1.82, 2.24) is 5.32 Å². The lowest BCUT2D eigenvalue weighted by Gasteiger charge is -2.24. The van der Waals surface area contributed by atoms with E-state index in [2.05, 4.69) is 17.4 Å². The van der Waals surface area contributed by atoms with E-state index in [9.17, 15) is 4.79 Å². The van der Waals surface area contributed by atoms with Gasteiger partial charge in [-0.15, -0.1) is 0 Å². The molecule has 3 heteroatoms. The van der Waals surface area contributed by atoms with Crippen LogP contribution in [0.5, 0.6) is 5.75 Å². The van der Waals surface area contributed by atoms with Crippen molar-refractivity contribution in [2.24, 2.45) is 5.92 Å². The monoisotopic (exact) mass is 281 g/mol. The Kier molecular flexibility index (Phi) is 4.20. The van der Waals surface area contributed by atoms with Crippen molar-refractivity contribution >= 4 is 5.91 Å². The van der Waals surface area contributed by atoms with Crippen LogP contribution in [0.3, 0.4) is 0 Å². The molecule has 0 fully saturated rings. The summed E-state index contributed by atoms with van der Waals surface area (Å²) >= 11 is 0. The van der Waals surface area contributed by atoms with Gasteiger partial charge in [-0.05, 0) is 30.0 Å². The first-order valence-electron chi connectivity index (χ1n) is 7.35. The molecule has 0 radical (unpaired) electrons. The fourth-order valence-electron chi connectivity index (χ4n) is 2.62. The molecule has 108 valence electrons. The highest BCUT2D eigenvalue weighted by atomic mass is 16.5. The molecule has 0 spiro atoms. The molecule has 21 heavy (non-hydrogen) atoms. The van der Waals surface area contributed by atoms with Crippen LogP contribution < -0.4 is 10.1 Å². The second-order valence-corrected chi connectivity index (χ2v) is 5.35. The van der Waals surface area contributed by atoms with E-state index in [0.29, 0.717) is 13.2 Å². The van der Waals surface area contributed by atoms with Crippen molar-refractivity contribution in [2.75, 3.05) is 13.2 Å². The molecule has 1 heterocycles. The van der Waals surface area contributed by atoms with Gasteiger partial charge in [0.05, 0.1) is 5.92 Å². The number of nitrogens with one attached hydrogen (secondary N) is 1. The highest BCUT2D eigenvalue weighted by Crippen LogP contribution is 2.26. The number of hydrogen-bond acceptors (Lipinski definition) is 2. The second kappa shape index (κ2) is 6.44. The molecule has 0 saturated carbocycles. The molecular formula is C18H19NO2. The van der Waals surface area contributed by atoms with Crippen LogP contribution in [0.1, 0.15) is 11.1 Å². The number of carbonyl (C=O) groups excluding carboxylic acids is 1. The molecule has 3 nitrogen and oxygen atoms in total. The number of fused-ring (bicyclic) bond motifs is 1. The van der Waals surface area contributed by atoms with Gasteiger partial charge in [-0.25, -0.2) is 0 Å². The van der Waals surface area contributed by atoms with Gasteiger partial charge in [0.25, 0.3) is 0 Å². The zero-order valence-corrected chi connectivity index (χ0v) is 11.9. The first kappa shape index (κ1) is 13.7. The Morgan fingerprint density at radius 3 is 2.71 bits per heavy atom. The number of carbonyl (C=O) groups is 1. The third-order valence-electron chi connectivity index (χ3n) is 3.81. The normalized spacial score (nSPS) is 16.7. The molecule has 1 atom stereocenters. The second-order valence-electron chi connectivity index (χ2n) is 5.35. The molecule has 0 aromatic heterocycles. The minimum Gasteiger partial charge on any atom is -0.492 e. The maximum absolute atomic E-state index is 12.2. The molecular weight excluding hydrogens is 262 g/mol. The van der Waals surface area contributed by atoms with E-state index in [-0.39, 0.29) is 11.8 Å². The Hall–Kier alpha value is -2.29. The third kappa shape index (κ3) is 3.43. The summed E-state index contributed by atoms with van der Waals surface area (Å²) in [5.41, 5.74) is 2.36. The van der Waals surface area contributed by atoms with Crippen molar-refractivity contribution in [3.63, 3.8) is 0 Å². The van der Waals surface area contributed by atoms with Crippen molar-refractivity contribution < 1.29 is 9.53 Å². The first-order valence-corrected chi connectivity index (χ1v) is 7.35. The number of ether oxygens (including phenoxy) is 1. The van der Waals surface area contributed by atoms with Gasteiger partial charge < -0.3 is 10.1 Å². The van der Waals surface area contributed by atoms with Crippen LogP contribution in [0.25, 0.3) is 0 Å². The van der Waals surface area contributed by atoms with E-state index >= 15 is 0 Å². The zero-order valence-electron chi connectivity index (χ0n) is 11.9. The van der Waals surface area contributed by atoms with Gasteiger partial charge in [-0.3, -0.25) is 4.79 Å². The van der Waals surface area contributed by atoms with E-state index in [1.807, 2.05) is 42.5 Å². The van der Waals surface area contributed by atoms with Crippen LogP contribution in [-0.4, -0.2) is 19.1 Å². The Bertz CT molecular complexity index is 610. The summed E-state index contributed by atoms with van der Waals surface area (Å²) < 4.78 is 5.66. The maximum atomic E-state index is 12.2. The van der Waals surface area contributed by atoms with Crippen LogP contribution in [0.4, 0.5) is 0 Å². The molecule has 1 amide bonds. The van der Waals surface area contributed by atoms with Crippen LogP contribution in [-0.2, 0) is 17.6 Å². The lowest BCUT2D eigenvalue weighted by atomic mass is 9.96. The highest BCUT2D eigenvalue weighted by Gasteiger charge is 2.25. The van der Waals surface area contributed by atoms with E-state index in [0.717, 1.165) is 24.2 Å². The van der Waals surface area contributed by atoms with Crippen molar-refractivity contribution in [3.8, 4) is 5.75 Å². The predicted octanol–water partition coefficient (Wildman–Crippen LogP) is 2.60. The first-order chi connectivity index (χ1) is 10.3. The number of benzene rings is 2. The lowest BCUT2D eigenvalue weighted by molar-refractivity contribution is -0.126. The van der Waals surface area contributed by atoms with E-state index in [1.54, 1.807) is 0 Å². The molecule has 0 aliphatic carbocycles. The molecule has 1 N–H and O–H groups in total. The highest BCUT2D eigenvalue weighted by molar-refractivity contribution is 5.79. The van der Waals surface area contributed by atoms with Crippen molar-refractivity contribution in [3.05, 3.63) is 65.7 Å². The lowest BCUT2D eigenvalue weighted by Crippen LogP contribution is -2.38. The fraction of sp³-hybridized carbons (Fsp3) is 0.278. The molecule has 3 rings (SSSR count). The van der Waals surface area contributed by atoms with Crippen LogP contribution in [0.15, 0.2) is 54.6 Å². The minimum absolute atomic E-state index is 0.0837. The summed E-state index contributed by atoms with van der Waals surface area (Å²) in [6.07, 6.45) is 1.62. The Morgan fingerprint density at radius 1 is 1.10 bits per heavy atom. The van der Waals surface area contributed by atoms with E-state index in [4.69, 9.17) is 4.74 Å². The molecule has 0 bridgehead atoms. The van der Waals surface area contributed by atoms with Gasteiger partial charge >= 0.3 is 0 Å². The van der Waals surface area contributed by atoms with Crippen molar-refractivity contribution in [2.45, 2.75) is 12.8 Å². The molecule has 1 aliphatic rings. The Labute approximate surface area is 124 Å². The van der Waals surface area contributed by atoms with E-state index in [1.165, 1.54) is 5.56 Å². The summed E-state index contributed by atoms with van der Waals surface area (Å²) in [5.74, 6) is 0.905. The van der Waals surface area contributed by atoms with Crippen molar-refractivity contribution in [1.29, 1.82) is 0 Å². The topological polar surface area (TPSA) is 38.3 Å². The molecule has 0 unspecified atom stereocenters. The maximum Gasteiger partial charge on any atom is 0.226 e. The van der Waals surface area contributed by atoms with Crippen LogP contribution in [0, 0.1) is 5.92 Å². The molecule has 1 aliphatic heterocycles. The minimum atomic E-state index is -0.0873.